The van der Waals surface area contributed by atoms with Gasteiger partial charge in [0.2, 0.25) is 0 Å². The van der Waals surface area contributed by atoms with Crippen molar-refractivity contribution in [2.24, 2.45) is 0 Å². The zero-order valence-electron chi connectivity index (χ0n) is 15.6. The molecule has 2 aromatic rings. The van der Waals surface area contributed by atoms with Crippen molar-refractivity contribution in [1.29, 1.82) is 0 Å². The number of rotatable bonds is 0. The predicted molar refractivity (Wildman–Crippen MR) is 94.8 cm³/mol. The van der Waals surface area contributed by atoms with E-state index >= 15 is 0 Å². The first-order chi connectivity index (χ1) is 11.2. The Balaban J connectivity index is 0. The van der Waals surface area contributed by atoms with Crippen molar-refractivity contribution >= 4 is 0 Å². The fraction of sp³-hybridized carbons (Fsp3) is 0.400. The van der Waals surface area contributed by atoms with Gasteiger partial charge in [0.05, 0.1) is 5.56 Å². The Kier molecular flexibility index (Phi) is 12.8. The Morgan fingerprint density at radius 2 is 1.08 bits per heavy atom. The van der Waals surface area contributed by atoms with Gasteiger partial charge in [-0.2, -0.15) is 13.2 Å². The monoisotopic (exact) mass is 344 g/mol. The van der Waals surface area contributed by atoms with E-state index in [1.54, 1.807) is 0 Å². The first kappa shape index (κ1) is 24.4. The largest absolute Gasteiger partial charge is 0.416 e. The average molecular weight is 344 g/mol. The predicted octanol–water partition coefficient (Wildman–Crippen LogP) is 7.51. The first-order valence-electron chi connectivity index (χ1n) is 8.07. The molecule has 24 heavy (non-hydrogen) atoms. The molecule has 0 fully saturated rings. The second-order valence-corrected chi connectivity index (χ2v) is 4.55. The molecular formula is C20H28F4. The van der Waals surface area contributed by atoms with E-state index in [2.05, 4.69) is 38.1 Å². The summed E-state index contributed by atoms with van der Waals surface area (Å²) in [5, 5.41) is 0. The molecule has 0 radical (unpaired) electrons. The highest BCUT2D eigenvalue weighted by Crippen LogP contribution is 2.29. The molecule has 0 saturated carbocycles. The van der Waals surface area contributed by atoms with E-state index in [1.807, 2.05) is 27.7 Å². The van der Waals surface area contributed by atoms with Crippen LogP contribution in [-0.4, -0.2) is 0 Å². The summed E-state index contributed by atoms with van der Waals surface area (Å²) in [5.41, 5.74) is 1.99. The smallest absolute Gasteiger partial charge is 0.207 e. The van der Waals surface area contributed by atoms with Gasteiger partial charge in [-0.3, -0.25) is 0 Å². The molecule has 2 aromatic carbocycles. The normalized spacial score (nSPS) is 9.46. The SMILES string of the molecule is CC.CC.Cc1ccc(C(F)(F)F)cc1F.Cc1ccccc1C. The summed E-state index contributed by atoms with van der Waals surface area (Å²) in [6, 6.07) is 10.8. The minimum atomic E-state index is -4.46. The quantitative estimate of drug-likeness (QED) is 0.434. The summed E-state index contributed by atoms with van der Waals surface area (Å²) in [5.74, 6) is -0.829. The molecule has 0 heterocycles. The third kappa shape index (κ3) is 9.33. The Hall–Kier alpha value is -1.84. The van der Waals surface area contributed by atoms with Crippen LogP contribution in [0.1, 0.15) is 49.9 Å². The van der Waals surface area contributed by atoms with Gasteiger partial charge < -0.3 is 0 Å². The summed E-state index contributed by atoms with van der Waals surface area (Å²) in [6.45, 7) is 13.7. The second-order valence-electron chi connectivity index (χ2n) is 4.55. The highest BCUT2D eigenvalue weighted by atomic mass is 19.4. The van der Waals surface area contributed by atoms with Crippen molar-refractivity contribution in [3.63, 3.8) is 0 Å². The Morgan fingerprint density at radius 1 is 0.667 bits per heavy atom. The van der Waals surface area contributed by atoms with Crippen LogP contribution < -0.4 is 0 Å². The van der Waals surface area contributed by atoms with Gasteiger partial charge in [-0.05, 0) is 49.6 Å². The lowest BCUT2D eigenvalue weighted by atomic mass is 10.1. The van der Waals surface area contributed by atoms with Crippen LogP contribution in [0.4, 0.5) is 17.6 Å². The lowest BCUT2D eigenvalue weighted by Crippen LogP contribution is -2.05. The molecule has 0 aliphatic heterocycles. The van der Waals surface area contributed by atoms with Crippen molar-refractivity contribution < 1.29 is 17.6 Å². The Labute approximate surface area is 143 Å². The molecule has 0 aliphatic carbocycles. The molecule has 0 unspecified atom stereocenters. The molecule has 0 bridgehead atoms. The second kappa shape index (κ2) is 12.6. The van der Waals surface area contributed by atoms with Gasteiger partial charge in [0, 0.05) is 0 Å². The molecule has 136 valence electrons. The lowest BCUT2D eigenvalue weighted by molar-refractivity contribution is -0.137. The van der Waals surface area contributed by atoms with Gasteiger partial charge in [-0.25, -0.2) is 4.39 Å². The van der Waals surface area contributed by atoms with Crippen LogP contribution in [0.25, 0.3) is 0 Å². The van der Waals surface area contributed by atoms with Crippen LogP contribution >= 0.6 is 0 Å². The van der Waals surface area contributed by atoms with Crippen LogP contribution in [0.15, 0.2) is 42.5 Å². The van der Waals surface area contributed by atoms with Gasteiger partial charge in [0.25, 0.3) is 0 Å². The minimum absolute atomic E-state index is 0.211. The number of benzene rings is 2. The molecule has 2 rings (SSSR count). The van der Waals surface area contributed by atoms with Crippen LogP contribution in [-0.2, 0) is 6.18 Å². The van der Waals surface area contributed by atoms with E-state index in [-0.39, 0.29) is 5.56 Å². The van der Waals surface area contributed by atoms with Gasteiger partial charge in [-0.15, -0.1) is 0 Å². The maximum absolute atomic E-state index is 12.6. The van der Waals surface area contributed by atoms with E-state index in [0.29, 0.717) is 6.07 Å². The van der Waals surface area contributed by atoms with E-state index < -0.39 is 17.6 Å². The van der Waals surface area contributed by atoms with E-state index in [1.165, 1.54) is 18.1 Å². The van der Waals surface area contributed by atoms with Crippen LogP contribution in [0.3, 0.4) is 0 Å². The Morgan fingerprint density at radius 3 is 1.38 bits per heavy atom. The molecule has 0 aromatic heterocycles. The molecule has 0 amide bonds. The molecule has 0 aliphatic rings. The summed E-state index contributed by atoms with van der Waals surface area (Å²) in [6.07, 6.45) is -4.46. The minimum Gasteiger partial charge on any atom is -0.207 e. The van der Waals surface area contributed by atoms with Gasteiger partial charge in [-0.1, -0.05) is 58.0 Å². The Bertz CT molecular complexity index is 551. The van der Waals surface area contributed by atoms with E-state index in [4.69, 9.17) is 0 Å². The zero-order chi connectivity index (χ0) is 19.3. The lowest BCUT2D eigenvalue weighted by Gasteiger charge is -2.06. The van der Waals surface area contributed by atoms with Gasteiger partial charge >= 0.3 is 6.18 Å². The summed E-state index contributed by atoms with van der Waals surface area (Å²) < 4.78 is 48.4. The molecule has 0 spiro atoms. The number of halogens is 4. The van der Waals surface area contributed by atoms with E-state index in [9.17, 15) is 17.6 Å². The summed E-state index contributed by atoms with van der Waals surface area (Å²) >= 11 is 0. The third-order valence-electron chi connectivity index (χ3n) is 2.92. The molecule has 0 atom stereocenters. The fourth-order valence-corrected chi connectivity index (χ4v) is 1.43. The van der Waals surface area contributed by atoms with Crippen LogP contribution in [0.5, 0.6) is 0 Å². The number of aryl methyl sites for hydroxylation is 3. The highest BCUT2D eigenvalue weighted by molar-refractivity contribution is 5.25. The van der Waals surface area contributed by atoms with Crippen molar-refractivity contribution in [2.45, 2.75) is 54.6 Å². The highest BCUT2D eigenvalue weighted by Gasteiger charge is 2.30. The molecule has 0 N–H and O–H groups in total. The van der Waals surface area contributed by atoms with Crippen molar-refractivity contribution in [3.8, 4) is 0 Å². The fourth-order valence-electron chi connectivity index (χ4n) is 1.43. The van der Waals surface area contributed by atoms with Crippen molar-refractivity contribution in [3.05, 3.63) is 70.5 Å². The maximum atomic E-state index is 12.6. The summed E-state index contributed by atoms with van der Waals surface area (Å²) in [7, 11) is 0. The number of hydrogen-bond acceptors (Lipinski definition) is 0. The zero-order valence-corrected chi connectivity index (χ0v) is 15.6. The topological polar surface area (TPSA) is 0 Å². The number of hydrogen-bond donors (Lipinski definition) is 0. The summed E-state index contributed by atoms with van der Waals surface area (Å²) in [4.78, 5) is 0. The van der Waals surface area contributed by atoms with Gasteiger partial charge in [0.15, 0.2) is 0 Å². The van der Waals surface area contributed by atoms with Crippen LogP contribution in [0.2, 0.25) is 0 Å². The maximum Gasteiger partial charge on any atom is 0.416 e. The molecule has 0 saturated heterocycles. The molecular weight excluding hydrogens is 316 g/mol. The van der Waals surface area contributed by atoms with E-state index in [0.717, 1.165) is 12.1 Å². The van der Waals surface area contributed by atoms with Crippen LogP contribution in [0, 0.1) is 26.6 Å². The standard InChI is InChI=1S/C8H6F4.C8H10.2C2H6/c1-5-2-3-6(4-7(5)9)8(10,11)12;1-7-5-3-4-6-8(7)2;2*1-2/h2-4H,1H3;3-6H,1-2H3;2*1-2H3. The first-order valence-corrected chi connectivity index (χ1v) is 8.07. The van der Waals surface area contributed by atoms with Crippen molar-refractivity contribution in [1.82, 2.24) is 0 Å². The van der Waals surface area contributed by atoms with Gasteiger partial charge in [0.1, 0.15) is 5.82 Å². The molecule has 4 heteroatoms. The molecule has 0 nitrogen and oxygen atoms in total. The average Bonchev–Trinajstić information content (AvgIpc) is 2.56. The van der Waals surface area contributed by atoms with Crippen molar-refractivity contribution in [2.75, 3.05) is 0 Å². The third-order valence-corrected chi connectivity index (χ3v) is 2.92. The number of alkyl halides is 3.